The van der Waals surface area contributed by atoms with Crippen molar-refractivity contribution in [3.05, 3.63) is 34.9 Å². The van der Waals surface area contributed by atoms with E-state index in [2.05, 4.69) is 99.0 Å². The third kappa shape index (κ3) is 10.7. The number of esters is 3. The van der Waals surface area contributed by atoms with Crippen molar-refractivity contribution in [2.24, 2.45) is 17.8 Å². The summed E-state index contributed by atoms with van der Waals surface area (Å²) in [7, 11) is 0. The second-order valence-electron chi connectivity index (χ2n) is 22.4. The molecule has 0 amide bonds. The molecule has 3 N–H and O–H groups in total. The Labute approximate surface area is 331 Å². The molecule has 4 atom stereocenters. The van der Waals surface area contributed by atoms with Crippen molar-refractivity contribution in [2.75, 3.05) is 0 Å². The van der Waals surface area contributed by atoms with Gasteiger partial charge in [0.1, 0.15) is 18.3 Å². The Bertz CT molecular complexity index is 1560. The molecule has 3 saturated heterocycles. The standard InChI is InChI=1S/C46H73N3O6/c1-41(2)22-33(23-42(3,4)47-41)53-38(50)32-16-15-28-19-29(13-14-30(28)20-32)31-17-18-36(39(51)54-34-24-43(5,6)48-44(7,8)25-34)37(21-31)40(52)55-35-26-45(9,10)49-46(11,12)27-35/h17-18,21,28-30,32-35,47-49H,13-16,19-20,22-27H2,1-12H3. The zero-order valence-electron chi connectivity index (χ0n) is 36.2. The summed E-state index contributed by atoms with van der Waals surface area (Å²) in [6, 6.07) is 5.78. The molecule has 0 bridgehead atoms. The van der Waals surface area contributed by atoms with Gasteiger partial charge in [-0.3, -0.25) is 4.79 Å². The van der Waals surface area contributed by atoms with Crippen LogP contribution in [0.3, 0.4) is 0 Å². The van der Waals surface area contributed by atoms with Gasteiger partial charge in [-0.2, -0.15) is 0 Å². The van der Waals surface area contributed by atoms with Gasteiger partial charge in [-0.25, -0.2) is 9.59 Å². The lowest BCUT2D eigenvalue weighted by molar-refractivity contribution is -0.160. The fourth-order valence-corrected chi connectivity index (χ4v) is 12.2. The van der Waals surface area contributed by atoms with Crippen LogP contribution in [0.5, 0.6) is 0 Å². The van der Waals surface area contributed by atoms with Gasteiger partial charge < -0.3 is 30.2 Å². The van der Waals surface area contributed by atoms with E-state index in [1.807, 2.05) is 18.2 Å². The molecule has 0 spiro atoms. The van der Waals surface area contributed by atoms with Gasteiger partial charge in [0, 0.05) is 71.8 Å². The highest BCUT2D eigenvalue weighted by atomic mass is 16.6. The summed E-state index contributed by atoms with van der Waals surface area (Å²) in [5, 5.41) is 11.0. The van der Waals surface area contributed by atoms with Crippen LogP contribution in [0.15, 0.2) is 18.2 Å². The van der Waals surface area contributed by atoms with E-state index in [-0.39, 0.29) is 74.9 Å². The van der Waals surface area contributed by atoms with Crippen LogP contribution in [0.1, 0.15) is 192 Å². The van der Waals surface area contributed by atoms with Crippen LogP contribution in [-0.2, 0) is 19.0 Å². The fourth-order valence-electron chi connectivity index (χ4n) is 12.2. The maximum atomic E-state index is 14.2. The van der Waals surface area contributed by atoms with Crippen molar-refractivity contribution in [2.45, 2.75) is 218 Å². The first kappa shape index (κ1) is 42.1. The van der Waals surface area contributed by atoms with Gasteiger partial charge in [0.2, 0.25) is 0 Å². The van der Waals surface area contributed by atoms with Crippen LogP contribution in [0.4, 0.5) is 0 Å². The first-order valence-corrected chi connectivity index (χ1v) is 21.4. The number of ether oxygens (including phenoxy) is 3. The minimum Gasteiger partial charge on any atom is -0.462 e. The molecule has 6 rings (SSSR count). The van der Waals surface area contributed by atoms with Crippen molar-refractivity contribution in [1.29, 1.82) is 0 Å². The summed E-state index contributed by atoms with van der Waals surface area (Å²) < 4.78 is 18.7. The number of carbonyl (C=O) groups excluding carboxylic acids is 3. The predicted octanol–water partition coefficient (Wildman–Crippen LogP) is 8.77. The SMILES string of the molecule is CC1(C)CC(OC(=O)c2ccc(C3CCC4CC(C(=O)OC5CC(C)(C)NC(C)(C)C5)CCC4C3)cc2C(=O)OC2CC(C)(C)NC(C)(C)C2)CC(C)(C)N1. The second-order valence-corrected chi connectivity index (χ2v) is 22.4. The molecule has 4 unspecified atom stereocenters. The zero-order valence-corrected chi connectivity index (χ0v) is 36.2. The van der Waals surface area contributed by atoms with Crippen LogP contribution >= 0.6 is 0 Å². The van der Waals surface area contributed by atoms with Crippen molar-refractivity contribution in [1.82, 2.24) is 16.0 Å². The smallest absolute Gasteiger partial charge is 0.339 e. The summed E-state index contributed by atoms with van der Waals surface area (Å²) in [6.45, 7) is 25.9. The number of carbonyl (C=O) groups is 3. The molecule has 0 aromatic heterocycles. The summed E-state index contributed by atoms with van der Waals surface area (Å²) >= 11 is 0. The van der Waals surface area contributed by atoms with Gasteiger partial charge in [0.15, 0.2) is 0 Å². The van der Waals surface area contributed by atoms with Crippen LogP contribution in [0, 0.1) is 17.8 Å². The number of hydrogen-bond donors (Lipinski definition) is 3. The number of benzene rings is 1. The predicted molar refractivity (Wildman–Crippen MR) is 217 cm³/mol. The van der Waals surface area contributed by atoms with E-state index in [0.717, 1.165) is 56.9 Å². The molecule has 2 saturated carbocycles. The molecule has 3 aliphatic heterocycles. The first-order valence-electron chi connectivity index (χ1n) is 21.4. The van der Waals surface area contributed by atoms with E-state index >= 15 is 0 Å². The van der Waals surface area contributed by atoms with Gasteiger partial charge in [0.05, 0.1) is 17.0 Å². The topological polar surface area (TPSA) is 115 Å². The molecule has 9 heteroatoms. The largest absolute Gasteiger partial charge is 0.462 e. The normalized spacial score (nSPS) is 31.4. The Hall–Kier alpha value is -2.49. The van der Waals surface area contributed by atoms with Gasteiger partial charge in [0.25, 0.3) is 0 Å². The van der Waals surface area contributed by atoms with Gasteiger partial charge in [-0.05, 0) is 157 Å². The summed E-state index contributed by atoms with van der Waals surface area (Å²) in [5.74, 6) is 0.314. The van der Waals surface area contributed by atoms with Gasteiger partial charge in [-0.15, -0.1) is 0 Å². The molecular weight excluding hydrogens is 691 g/mol. The van der Waals surface area contributed by atoms with Gasteiger partial charge in [-0.1, -0.05) is 6.07 Å². The number of fused-ring (bicyclic) bond motifs is 1. The van der Waals surface area contributed by atoms with E-state index in [0.29, 0.717) is 43.1 Å². The van der Waals surface area contributed by atoms with Crippen molar-refractivity contribution >= 4 is 17.9 Å². The van der Waals surface area contributed by atoms with E-state index in [1.54, 1.807) is 0 Å². The van der Waals surface area contributed by atoms with E-state index in [9.17, 15) is 14.4 Å². The first-order chi connectivity index (χ1) is 25.3. The molecule has 308 valence electrons. The molecular formula is C46H73N3O6. The summed E-state index contributed by atoms with van der Waals surface area (Å²) in [5.41, 5.74) is 0.766. The van der Waals surface area contributed by atoms with E-state index < -0.39 is 11.9 Å². The summed E-state index contributed by atoms with van der Waals surface area (Å²) in [6.07, 6.45) is 9.61. The fraction of sp³-hybridized carbons (Fsp3) is 0.804. The lowest BCUT2D eigenvalue weighted by atomic mass is 9.64. The summed E-state index contributed by atoms with van der Waals surface area (Å²) in [4.78, 5) is 41.7. The van der Waals surface area contributed by atoms with Crippen LogP contribution < -0.4 is 16.0 Å². The zero-order chi connectivity index (χ0) is 40.4. The Morgan fingerprint density at radius 2 is 0.909 bits per heavy atom. The molecule has 9 nitrogen and oxygen atoms in total. The molecule has 5 fully saturated rings. The van der Waals surface area contributed by atoms with E-state index in [1.165, 1.54) is 0 Å². The Morgan fingerprint density at radius 1 is 0.509 bits per heavy atom. The van der Waals surface area contributed by atoms with E-state index in [4.69, 9.17) is 14.2 Å². The maximum absolute atomic E-state index is 14.2. The quantitative estimate of drug-likeness (QED) is 0.185. The Morgan fingerprint density at radius 3 is 1.38 bits per heavy atom. The lowest BCUT2D eigenvalue weighted by Crippen LogP contribution is -2.59. The maximum Gasteiger partial charge on any atom is 0.339 e. The minimum absolute atomic E-state index is 0.0122. The Kier molecular flexibility index (Phi) is 11.5. The van der Waals surface area contributed by atoms with Crippen molar-refractivity contribution < 1.29 is 28.6 Å². The molecule has 2 aliphatic carbocycles. The number of hydrogen-bond acceptors (Lipinski definition) is 9. The third-order valence-corrected chi connectivity index (χ3v) is 13.2. The highest BCUT2D eigenvalue weighted by molar-refractivity contribution is 6.03. The Balaban J connectivity index is 1.16. The molecule has 1 aromatic carbocycles. The highest BCUT2D eigenvalue weighted by Crippen LogP contribution is 2.48. The van der Waals surface area contributed by atoms with Crippen molar-refractivity contribution in [3.63, 3.8) is 0 Å². The van der Waals surface area contributed by atoms with Crippen molar-refractivity contribution in [3.8, 4) is 0 Å². The average molecular weight is 764 g/mol. The number of nitrogens with one attached hydrogen (secondary N) is 3. The van der Waals surface area contributed by atoms with Crippen LogP contribution in [0.2, 0.25) is 0 Å². The lowest BCUT2D eigenvalue weighted by Gasteiger charge is -2.46. The number of piperidine rings is 3. The molecule has 3 heterocycles. The average Bonchev–Trinajstić information content (AvgIpc) is 2.99. The highest BCUT2D eigenvalue weighted by Gasteiger charge is 2.44. The van der Waals surface area contributed by atoms with Crippen LogP contribution in [-0.4, -0.2) is 69.5 Å². The third-order valence-electron chi connectivity index (χ3n) is 13.2. The minimum atomic E-state index is -0.464. The monoisotopic (exact) mass is 764 g/mol. The molecule has 0 radical (unpaired) electrons. The molecule has 1 aromatic rings. The van der Waals surface area contributed by atoms with Gasteiger partial charge >= 0.3 is 17.9 Å². The molecule has 55 heavy (non-hydrogen) atoms. The molecule has 5 aliphatic rings. The number of rotatable bonds is 7. The van der Waals surface area contributed by atoms with Crippen LogP contribution in [0.25, 0.3) is 0 Å². The second kappa shape index (κ2) is 15.0.